The van der Waals surface area contributed by atoms with E-state index in [1.165, 1.54) is 18.4 Å². The second-order valence-electron chi connectivity index (χ2n) is 5.97. The summed E-state index contributed by atoms with van der Waals surface area (Å²) in [5, 5.41) is 3.40. The van der Waals surface area contributed by atoms with E-state index < -0.39 is 0 Å². The van der Waals surface area contributed by atoms with Crippen molar-refractivity contribution < 1.29 is 9.15 Å². The average Bonchev–Trinajstić information content (AvgIpc) is 2.93. The van der Waals surface area contributed by atoms with Gasteiger partial charge in [-0.2, -0.15) is 0 Å². The highest BCUT2D eigenvalue weighted by Crippen LogP contribution is 2.17. The molecule has 0 spiro atoms. The van der Waals surface area contributed by atoms with Gasteiger partial charge < -0.3 is 14.5 Å². The first-order valence-electron chi connectivity index (χ1n) is 8.42. The van der Waals surface area contributed by atoms with Gasteiger partial charge in [0, 0.05) is 25.3 Å². The van der Waals surface area contributed by atoms with Crippen LogP contribution in [0.25, 0.3) is 0 Å². The highest BCUT2D eigenvalue weighted by Gasteiger charge is 2.21. The van der Waals surface area contributed by atoms with Crippen LogP contribution in [0.4, 0.5) is 0 Å². The highest BCUT2D eigenvalue weighted by molar-refractivity contribution is 5.12. The van der Waals surface area contributed by atoms with E-state index in [2.05, 4.69) is 30.1 Å². The monoisotopic (exact) mass is 294 g/mol. The summed E-state index contributed by atoms with van der Waals surface area (Å²) in [5.41, 5.74) is 1.24. The fraction of sp³-hybridized carbons (Fsp3) is 0.765. The van der Waals surface area contributed by atoms with Gasteiger partial charge in [-0.25, -0.2) is 0 Å². The lowest BCUT2D eigenvalue weighted by Gasteiger charge is -2.31. The first-order chi connectivity index (χ1) is 10.3. The first kappa shape index (κ1) is 16.5. The summed E-state index contributed by atoms with van der Waals surface area (Å²) in [7, 11) is 0. The van der Waals surface area contributed by atoms with Gasteiger partial charge in [0.2, 0.25) is 0 Å². The molecule has 0 saturated carbocycles. The molecule has 1 saturated heterocycles. The van der Waals surface area contributed by atoms with Crippen molar-refractivity contribution in [2.24, 2.45) is 0 Å². The van der Waals surface area contributed by atoms with E-state index in [0.29, 0.717) is 6.10 Å². The Hall–Kier alpha value is -0.840. The molecule has 2 rings (SSSR count). The number of piperidine rings is 1. The summed E-state index contributed by atoms with van der Waals surface area (Å²) >= 11 is 0. The molecule has 1 fully saturated rings. The molecule has 1 aliphatic heterocycles. The van der Waals surface area contributed by atoms with Crippen LogP contribution in [-0.4, -0.2) is 37.2 Å². The van der Waals surface area contributed by atoms with E-state index in [0.717, 1.165) is 57.9 Å². The van der Waals surface area contributed by atoms with Crippen molar-refractivity contribution in [3.8, 4) is 0 Å². The smallest absolute Gasteiger partial charge is 0.118 e. The number of nitrogens with one attached hydrogen (secondary N) is 1. The molecule has 0 bridgehead atoms. The third-order valence-corrected chi connectivity index (χ3v) is 3.86. The van der Waals surface area contributed by atoms with E-state index >= 15 is 0 Å². The van der Waals surface area contributed by atoms with Crippen LogP contribution in [-0.2, 0) is 17.8 Å². The molecule has 4 nitrogen and oxygen atoms in total. The van der Waals surface area contributed by atoms with Gasteiger partial charge in [-0.15, -0.1) is 0 Å². The fourth-order valence-electron chi connectivity index (χ4n) is 2.81. The number of hydrogen-bond acceptors (Lipinski definition) is 4. The summed E-state index contributed by atoms with van der Waals surface area (Å²) in [6.07, 6.45) is 6.97. The zero-order chi connectivity index (χ0) is 14.9. The topological polar surface area (TPSA) is 37.6 Å². The van der Waals surface area contributed by atoms with Gasteiger partial charge in [-0.1, -0.05) is 13.8 Å². The molecule has 1 N–H and O–H groups in total. The zero-order valence-electron chi connectivity index (χ0n) is 13.6. The minimum atomic E-state index is 0.402. The van der Waals surface area contributed by atoms with Gasteiger partial charge >= 0.3 is 0 Å². The van der Waals surface area contributed by atoms with Crippen LogP contribution in [0.1, 0.15) is 50.9 Å². The molecule has 1 unspecified atom stereocenters. The summed E-state index contributed by atoms with van der Waals surface area (Å²) in [5.74, 6) is 1.07. The molecule has 21 heavy (non-hydrogen) atoms. The van der Waals surface area contributed by atoms with Gasteiger partial charge in [0.25, 0.3) is 0 Å². The summed E-state index contributed by atoms with van der Waals surface area (Å²) in [6.45, 7) is 10.3. The maximum absolute atomic E-state index is 5.89. The van der Waals surface area contributed by atoms with Crippen molar-refractivity contribution in [3.05, 3.63) is 23.7 Å². The molecule has 4 heteroatoms. The maximum Gasteiger partial charge on any atom is 0.118 e. The molecule has 1 aromatic heterocycles. The van der Waals surface area contributed by atoms with E-state index in [1.54, 1.807) is 0 Å². The van der Waals surface area contributed by atoms with E-state index in [-0.39, 0.29) is 0 Å². The van der Waals surface area contributed by atoms with E-state index in [9.17, 15) is 0 Å². The molecule has 1 atom stereocenters. The third kappa shape index (κ3) is 5.81. The van der Waals surface area contributed by atoms with Crippen molar-refractivity contribution in [1.29, 1.82) is 0 Å². The van der Waals surface area contributed by atoms with Crippen molar-refractivity contribution in [1.82, 2.24) is 10.2 Å². The van der Waals surface area contributed by atoms with Gasteiger partial charge in [-0.3, -0.25) is 4.90 Å². The molecule has 1 aromatic rings. The normalized spacial score (nSPS) is 20.0. The fourth-order valence-corrected chi connectivity index (χ4v) is 2.81. The summed E-state index contributed by atoms with van der Waals surface area (Å²) in [6, 6.07) is 2.18. The standard InChI is InChI=1S/C17H30N2O2/c1-3-7-18-11-15-10-17(21-14-15)13-19-8-5-6-16(12-19)20-9-4-2/h10,14,16,18H,3-9,11-13H2,1-2H3. The molecule has 0 amide bonds. The Bertz CT molecular complexity index is 392. The van der Waals surface area contributed by atoms with Crippen LogP contribution in [0.2, 0.25) is 0 Å². The number of furan rings is 1. The Morgan fingerprint density at radius 3 is 3.10 bits per heavy atom. The van der Waals surface area contributed by atoms with Crippen molar-refractivity contribution in [3.63, 3.8) is 0 Å². The molecular weight excluding hydrogens is 264 g/mol. The summed E-state index contributed by atoms with van der Waals surface area (Å²) < 4.78 is 11.6. The summed E-state index contributed by atoms with van der Waals surface area (Å²) in [4.78, 5) is 2.45. The van der Waals surface area contributed by atoms with Crippen LogP contribution in [0.5, 0.6) is 0 Å². The van der Waals surface area contributed by atoms with Gasteiger partial charge in [0.05, 0.1) is 18.9 Å². The van der Waals surface area contributed by atoms with Crippen LogP contribution in [0.15, 0.2) is 16.7 Å². The molecule has 0 aliphatic carbocycles. The van der Waals surface area contributed by atoms with E-state index in [4.69, 9.17) is 9.15 Å². The second-order valence-corrected chi connectivity index (χ2v) is 5.97. The van der Waals surface area contributed by atoms with Gasteiger partial charge in [-0.05, 0) is 44.8 Å². The Kier molecular flexibility index (Phi) is 7.27. The third-order valence-electron chi connectivity index (χ3n) is 3.86. The average molecular weight is 294 g/mol. The number of likely N-dealkylation sites (tertiary alicyclic amines) is 1. The number of hydrogen-bond donors (Lipinski definition) is 1. The highest BCUT2D eigenvalue weighted by atomic mass is 16.5. The lowest BCUT2D eigenvalue weighted by atomic mass is 10.1. The SMILES string of the molecule is CCCNCc1coc(CN2CCCC(OCCC)C2)c1. The Balaban J connectivity index is 1.75. The molecule has 120 valence electrons. The number of rotatable bonds is 9. The Morgan fingerprint density at radius 2 is 2.29 bits per heavy atom. The van der Waals surface area contributed by atoms with Crippen LogP contribution in [0, 0.1) is 0 Å². The van der Waals surface area contributed by atoms with Crippen molar-refractivity contribution in [2.45, 2.75) is 58.7 Å². The molecule has 1 aliphatic rings. The van der Waals surface area contributed by atoms with Gasteiger partial charge in [0.1, 0.15) is 5.76 Å². The number of nitrogens with zero attached hydrogens (tertiary/aromatic N) is 1. The Morgan fingerprint density at radius 1 is 1.38 bits per heavy atom. The molecule has 2 heterocycles. The number of ether oxygens (including phenoxy) is 1. The van der Waals surface area contributed by atoms with Crippen LogP contribution >= 0.6 is 0 Å². The quantitative estimate of drug-likeness (QED) is 0.710. The minimum absolute atomic E-state index is 0.402. The van der Waals surface area contributed by atoms with Crippen LogP contribution < -0.4 is 5.32 Å². The van der Waals surface area contributed by atoms with Crippen LogP contribution in [0.3, 0.4) is 0 Å². The minimum Gasteiger partial charge on any atom is -0.468 e. The van der Waals surface area contributed by atoms with E-state index in [1.807, 2.05) is 6.26 Å². The lowest BCUT2D eigenvalue weighted by molar-refractivity contribution is -0.00373. The molecule has 0 aromatic carbocycles. The van der Waals surface area contributed by atoms with Crippen molar-refractivity contribution in [2.75, 3.05) is 26.2 Å². The predicted molar refractivity (Wildman–Crippen MR) is 85.2 cm³/mol. The largest absolute Gasteiger partial charge is 0.468 e. The Labute approximate surface area is 128 Å². The first-order valence-corrected chi connectivity index (χ1v) is 8.42. The lowest BCUT2D eigenvalue weighted by Crippen LogP contribution is -2.39. The second kappa shape index (κ2) is 9.23. The zero-order valence-corrected chi connectivity index (χ0v) is 13.6. The van der Waals surface area contributed by atoms with Gasteiger partial charge in [0.15, 0.2) is 0 Å². The van der Waals surface area contributed by atoms with Crippen molar-refractivity contribution >= 4 is 0 Å². The maximum atomic E-state index is 5.89. The molecule has 0 radical (unpaired) electrons. The molecular formula is C17H30N2O2. The predicted octanol–water partition coefficient (Wildman–Crippen LogP) is 3.17.